The topological polar surface area (TPSA) is 70.5 Å². The summed E-state index contributed by atoms with van der Waals surface area (Å²) >= 11 is 12.9. The first-order valence-corrected chi connectivity index (χ1v) is 11.6. The Morgan fingerprint density at radius 1 is 1.03 bits per heavy atom. The van der Waals surface area contributed by atoms with Crippen molar-refractivity contribution in [1.82, 2.24) is 9.55 Å². The predicted molar refractivity (Wildman–Crippen MR) is 138 cm³/mol. The summed E-state index contributed by atoms with van der Waals surface area (Å²) in [5, 5.41) is 1.19. The van der Waals surface area contributed by atoms with Crippen molar-refractivity contribution in [2.24, 2.45) is 12.0 Å². The maximum Gasteiger partial charge on any atom is 0.326 e. The largest absolute Gasteiger partial charge is 0.326 e. The van der Waals surface area contributed by atoms with Gasteiger partial charge in [-0.2, -0.15) is 0 Å². The van der Waals surface area contributed by atoms with Crippen LogP contribution in [0.1, 0.15) is 22.3 Å². The van der Waals surface area contributed by atoms with Crippen molar-refractivity contribution in [3.8, 4) is 0 Å². The average Bonchev–Trinajstić information content (AvgIpc) is 3.06. The number of fused-ring (bicyclic) bond motifs is 2. The molecule has 1 aromatic heterocycles. The fourth-order valence-corrected chi connectivity index (χ4v) is 4.80. The van der Waals surface area contributed by atoms with Crippen LogP contribution in [0.4, 0.5) is 5.69 Å². The number of imidazole rings is 1. The van der Waals surface area contributed by atoms with Crippen LogP contribution in [0.15, 0.2) is 64.4 Å². The zero-order valence-corrected chi connectivity index (χ0v) is 20.4. The number of nitrogens with one attached hydrogen (secondary N) is 1. The van der Waals surface area contributed by atoms with Crippen LogP contribution in [0.2, 0.25) is 10.0 Å². The van der Waals surface area contributed by atoms with Gasteiger partial charge in [0.1, 0.15) is 6.04 Å². The SMILES string of the molecule is Cc1cccc(CC2N=C(c3ccc4[nH]c(=O)n(C)c4c3)c3cc(Cl)ccc3N(C)C2=O)c1Cl. The van der Waals surface area contributed by atoms with Gasteiger partial charge in [0, 0.05) is 41.7 Å². The lowest BCUT2D eigenvalue weighted by Crippen LogP contribution is -2.36. The van der Waals surface area contributed by atoms with Crippen LogP contribution in [0, 0.1) is 6.92 Å². The van der Waals surface area contributed by atoms with Crippen LogP contribution in [0.3, 0.4) is 0 Å². The maximum atomic E-state index is 13.5. The smallest absolute Gasteiger partial charge is 0.313 e. The van der Waals surface area contributed by atoms with Gasteiger partial charge in [0.15, 0.2) is 0 Å². The van der Waals surface area contributed by atoms with E-state index in [4.69, 9.17) is 28.2 Å². The highest BCUT2D eigenvalue weighted by Crippen LogP contribution is 2.32. The minimum atomic E-state index is -0.684. The molecule has 4 aromatic rings. The zero-order valence-electron chi connectivity index (χ0n) is 18.9. The minimum absolute atomic E-state index is 0.133. The number of hydrogen-bond donors (Lipinski definition) is 1. The van der Waals surface area contributed by atoms with Gasteiger partial charge in [0.25, 0.3) is 5.91 Å². The molecule has 5 rings (SSSR count). The fraction of sp³-hybridized carbons (Fsp3) is 0.192. The van der Waals surface area contributed by atoms with E-state index in [1.807, 2.05) is 55.5 Å². The third kappa shape index (κ3) is 3.73. The lowest BCUT2D eigenvalue weighted by molar-refractivity contribution is -0.119. The minimum Gasteiger partial charge on any atom is -0.313 e. The molecule has 0 aliphatic carbocycles. The molecule has 172 valence electrons. The van der Waals surface area contributed by atoms with Gasteiger partial charge in [0.2, 0.25) is 0 Å². The van der Waals surface area contributed by atoms with Gasteiger partial charge in [-0.3, -0.25) is 14.4 Å². The molecular formula is C26H22Cl2N4O2. The second-order valence-electron chi connectivity index (χ2n) is 8.53. The van der Waals surface area contributed by atoms with Crippen molar-refractivity contribution in [2.45, 2.75) is 19.4 Å². The number of rotatable bonds is 3. The normalized spacial score (nSPS) is 15.9. The average molecular weight is 493 g/mol. The van der Waals surface area contributed by atoms with Crippen molar-refractivity contribution in [1.29, 1.82) is 0 Å². The van der Waals surface area contributed by atoms with Gasteiger partial charge >= 0.3 is 5.69 Å². The molecule has 8 heteroatoms. The van der Waals surface area contributed by atoms with Gasteiger partial charge in [-0.05, 0) is 48.4 Å². The van der Waals surface area contributed by atoms with Gasteiger partial charge in [-0.15, -0.1) is 0 Å². The third-order valence-electron chi connectivity index (χ3n) is 6.34. The van der Waals surface area contributed by atoms with Crippen LogP contribution in [0.25, 0.3) is 11.0 Å². The summed E-state index contributed by atoms with van der Waals surface area (Å²) in [6, 6.07) is 16.2. The summed E-state index contributed by atoms with van der Waals surface area (Å²) in [5.41, 5.74) is 5.99. The molecule has 2 heterocycles. The number of aromatic amines is 1. The van der Waals surface area contributed by atoms with Gasteiger partial charge in [-0.25, -0.2) is 4.79 Å². The van der Waals surface area contributed by atoms with Crippen LogP contribution >= 0.6 is 23.2 Å². The van der Waals surface area contributed by atoms with E-state index in [9.17, 15) is 9.59 Å². The van der Waals surface area contributed by atoms with Crippen LogP contribution < -0.4 is 10.6 Å². The quantitative estimate of drug-likeness (QED) is 0.441. The molecular weight excluding hydrogens is 471 g/mol. The van der Waals surface area contributed by atoms with Crippen LogP contribution in [-0.4, -0.2) is 34.3 Å². The van der Waals surface area contributed by atoms with E-state index in [1.165, 1.54) is 0 Å². The summed E-state index contributed by atoms with van der Waals surface area (Å²) in [6.45, 7) is 1.94. The summed E-state index contributed by atoms with van der Waals surface area (Å²) in [5.74, 6) is -0.133. The summed E-state index contributed by atoms with van der Waals surface area (Å²) in [7, 11) is 3.46. The highest BCUT2D eigenvalue weighted by Gasteiger charge is 2.31. The Morgan fingerprint density at radius 2 is 1.82 bits per heavy atom. The number of amides is 1. The summed E-state index contributed by atoms with van der Waals surface area (Å²) < 4.78 is 1.55. The van der Waals surface area contributed by atoms with E-state index in [0.29, 0.717) is 27.9 Å². The summed E-state index contributed by atoms with van der Waals surface area (Å²) in [4.78, 5) is 35.1. The Hall–Kier alpha value is -3.35. The Labute approximate surface area is 206 Å². The van der Waals surface area contributed by atoms with Crippen molar-refractivity contribution in [2.75, 3.05) is 11.9 Å². The number of carbonyl (C=O) groups is 1. The molecule has 6 nitrogen and oxygen atoms in total. The number of nitrogens with zero attached hydrogens (tertiary/aromatic N) is 3. The number of hydrogen-bond acceptors (Lipinski definition) is 3. The van der Waals surface area contributed by atoms with Crippen molar-refractivity contribution < 1.29 is 4.79 Å². The molecule has 0 saturated heterocycles. The number of carbonyl (C=O) groups excluding carboxylic acids is 1. The number of anilines is 1. The number of aromatic nitrogens is 2. The fourth-order valence-electron chi connectivity index (χ4n) is 4.42. The monoisotopic (exact) mass is 492 g/mol. The van der Waals surface area contributed by atoms with E-state index >= 15 is 0 Å². The molecule has 1 N–H and O–H groups in total. The molecule has 34 heavy (non-hydrogen) atoms. The number of aliphatic imine (C=N–C) groups is 1. The number of likely N-dealkylation sites (N-methyl/N-ethyl adjacent to an activating group) is 1. The maximum absolute atomic E-state index is 13.5. The lowest BCUT2D eigenvalue weighted by Gasteiger charge is -2.21. The van der Waals surface area contributed by atoms with Crippen molar-refractivity contribution >= 4 is 51.5 Å². The first-order valence-electron chi connectivity index (χ1n) is 10.8. The molecule has 1 aliphatic rings. The Bertz CT molecular complexity index is 1550. The van der Waals surface area contributed by atoms with E-state index in [-0.39, 0.29) is 11.6 Å². The first-order chi connectivity index (χ1) is 16.2. The molecule has 0 spiro atoms. The number of aryl methyl sites for hydroxylation is 2. The Kier molecular flexibility index (Phi) is 5.58. The van der Waals surface area contributed by atoms with E-state index in [1.54, 1.807) is 29.6 Å². The van der Waals surface area contributed by atoms with Crippen molar-refractivity contribution in [3.63, 3.8) is 0 Å². The number of benzene rings is 3. The zero-order chi connectivity index (χ0) is 24.1. The standard InChI is InChI=1S/C26H22Cl2N4O2/c1-14-5-4-6-15(23(14)28)11-20-25(33)31(2)21-10-8-17(27)13-18(21)24(29-20)16-7-9-19-22(12-16)32(3)26(34)30-19/h4-10,12-13,20H,11H2,1-3H3,(H,30,34). The number of H-pyrrole nitrogens is 1. The molecule has 1 atom stereocenters. The molecule has 0 fully saturated rings. The van der Waals surface area contributed by atoms with E-state index < -0.39 is 6.04 Å². The number of benzodiazepines with no additional fused rings is 1. The Balaban J connectivity index is 1.72. The second kappa shape index (κ2) is 8.46. The van der Waals surface area contributed by atoms with E-state index in [2.05, 4.69) is 4.98 Å². The van der Waals surface area contributed by atoms with Gasteiger partial charge in [-0.1, -0.05) is 47.5 Å². The van der Waals surface area contributed by atoms with Crippen LogP contribution in [0.5, 0.6) is 0 Å². The van der Waals surface area contributed by atoms with Gasteiger partial charge in [0.05, 0.1) is 22.4 Å². The first kappa shape index (κ1) is 22.4. The number of halogens is 2. The summed E-state index contributed by atoms with van der Waals surface area (Å²) in [6.07, 6.45) is 0.361. The molecule has 1 unspecified atom stereocenters. The molecule has 0 bridgehead atoms. The second-order valence-corrected chi connectivity index (χ2v) is 9.34. The molecule has 1 aliphatic heterocycles. The highest BCUT2D eigenvalue weighted by atomic mass is 35.5. The van der Waals surface area contributed by atoms with Crippen molar-refractivity contribution in [3.05, 3.63) is 97.4 Å². The highest BCUT2D eigenvalue weighted by molar-refractivity contribution is 6.32. The van der Waals surface area contributed by atoms with E-state index in [0.717, 1.165) is 33.3 Å². The molecule has 0 radical (unpaired) electrons. The predicted octanol–water partition coefficient (Wildman–Crippen LogP) is 4.91. The van der Waals surface area contributed by atoms with Crippen LogP contribution in [-0.2, 0) is 18.3 Å². The Morgan fingerprint density at radius 3 is 2.62 bits per heavy atom. The lowest BCUT2D eigenvalue weighted by atomic mass is 9.99. The molecule has 1 amide bonds. The molecule has 0 saturated carbocycles. The van der Waals surface area contributed by atoms with Gasteiger partial charge < -0.3 is 9.88 Å². The molecule has 3 aromatic carbocycles. The third-order valence-corrected chi connectivity index (χ3v) is 7.12.